The van der Waals surface area contributed by atoms with E-state index < -0.39 is 5.97 Å². The standard InChI is InChI=1S/C10H12O2.ClH/c1-2-5-8-6-3-4-7-9(8)10(11)12;/h3-4,6-7H,2,5H2,1H3,(H,11,12);1H. The van der Waals surface area contributed by atoms with Crippen LogP contribution in [0.4, 0.5) is 0 Å². The van der Waals surface area contributed by atoms with Crippen molar-refractivity contribution in [1.82, 2.24) is 0 Å². The third-order valence-corrected chi connectivity index (χ3v) is 1.77. The summed E-state index contributed by atoms with van der Waals surface area (Å²) in [6.45, 7) is 2.04. The first kappa shape index (κ1) is 12.0. The fourth-order valence-corrected chi connectivity index (χ4v) is 1.22. The Labute approximate surface area is 84.0 Å². The van der Waals surface area contributed by atoms with Crippen molar-refractivity contribution in [2.45, 2.75) is 19.8 Å². The molecular formula is C10H13ClO2. The molecule has 0 unspecified atom stereocenters. The number of halogens is 1. The Balaban J connectivity index is 0.00000144. The molecule has 0 amide bonds. The van der Waals surface area contributed by atoms with Crippen molar-refractivity contribution in [3.63, 3.8) is 0 Å². The van der Waals surface area contributed by atoms with Crippen molar-refractivity contribution in [3.05, 3.63) is 35.4 Å². The van der Waals surface area contributed by atoms with E-state index in [-0.39, 0.29) is 12.4 Å². The fraction of sp³-hybridized carbons (Fsp3) is 0.300. The molecule has 1 rings (SSSR count). The van der Waals surface area contributed by atoms with Gasteiger partial charge >= 0.3 is 5.97 Å². The molecule has 0 heterocycles. The summed E-state index contributed by atoms with van der Waals surface area (Å²) in [5.74, 6) is -0.834. The normalized spacial score (nSPS) is 9.00. The number of hydrogen-bond donors (Lipinski definition) is 1. The molecule has 0 aliphatic rings. The molecule has 1 aromatic carbocycles. The van der Waals surface area contributed by atoms with Crippen LogP contribution in [-0.4, -0.2) is 11.1 Å². The highest BCUT2D eigenvalue weighted by molar-refractivity contribution is 5.89. The van der Waals surface area contributed by atoms with Crippen LogP contribution in [0.25, 0.3) is 0 Å². The van der Waals surface area contributed by atoms with E-state index in [0.717, 1.165) is 18.4 Å². The van der Waals surface area contributed by atoms with Crippen LogP contribution in [0.1, 0.15) is 29.3 Å². The Kier molecular flexibility index (Phi) is 5.16. The summed E-state index contributed by atoms with van der Waals surface area (Å²) in [5.41, 5.74) is 1.35. The van der Waals surface area contributed by atoms with Gasteiger partial charge in [-0.2, -0.15) is 0 Å². The van der Waals surface area contributed by atoms with Crippen LogP contribution in [0, 0.1) is 0 Å². The van der Waals surface area contributed by atoms with Gasteiger partial charge in [0.2, 0.25) is 0 Å². The van der Waals surface area contributed by atoms with Gasteiger partial charge in [-0.1, -0.05) is 31.5 Å². The van der Waals surface area contributed by atoms with E-state index in [4.69, 9.17) is 5.11 Å². The van der Waals surface area contributed by atoms with Gasteiger partial charge in [0.1, 0.15) is 0 Å². The smallest absolute Gasteiger partial charge is 0.335 e. The summed E-state index contributed by atoms with van der Waals surface area (Å²) in [6.07, 6.45) is 1.81. The second kappa shape index (κ2) is 5.60. The predicted molar refractivity (Wildman–Crippen MR) is 54.6 cm³/mol. The van der Waals surface area contributed by atoms with Crippen molar-refractivity contribution in [1.29, 1.82) is 0 Å². The highest BCUT2D eigenvalue weighted by Gasteiger charge is 2.06. The van der Waals surface area contributed by atoms with Gasteiger partial charge in [-0.15, -0.1) is 12.4 Å². The van der Waals surface area contributed by atoms with E-state index >= 15 is 0 Å². The van der Waals surface area contributed by atoms with Gasteiger partial charge in [-0.25, -0.2) is 4.79 Å². The molecule has 0 atom stereocenters. The molecule has 0 aromatic heterocycles. The number of rotatable bonds is 3. The van der Waals surface area contributed by atoms with Crippen molar-refractivity contribution >= 4 is 18.4 Å². The maximum atomic E-state index is 10.7. The first-order valence-electron chi connectivity index (χ1n) is 4.07. The lowest BCUT2D eigenvalue weighted by molar-refractivity contribution is 0.0695. The van der Waals surface area contributed by atoms with E-state index in [0.29, 0.717) is 5.56 Å². The third-order valence-electron chi connectivity index (χ3n) is 1.77. The average molecular weight is 201 g/mol. The molecule has 1 aromatic rings. The summed E-state index contributed by atoms with van der Waals surface area (Å²) in [5, 5.41) is 8.79. The number of carbonyl (C=O) groups is 1. The number of aromatic carboxylic acids is 1. The molecule has 0 aliphatic heterocycles. The predicted octanol–water partition coefficient (Wildman–Crippen LogP) is 2.76. The minimum atomic E-state index is -0.834. The number of carboxylic acid groups (broad SMARTS) is 1. The SMILES string of the molecule is CCCc1ccccc1C(=O)O.Cl. The molecule has 1 N–H and O–H groups in total. The monoisotopic (exact) mass is 200 g/mol. The second-order valence-corrected chi connectivity index (χ2v) is 2.71. The minimum absolute atomic E-state index is 0. The first-order chi connectivity index (χ1) is 5.75. The number of hydrogen-bond acceptors (Lipinski definition) is 1. The van der Waals surface area contributed by atoms with E-state index in [9.17, 15) is 4.79 Å². The van der Waals surface area contributed by atoms with E-state index in [2.05, 4.69) is 0 Å². The minimum Gasteiger partial charge on any atom is -0.478 e. The van der Waals surface area contributed by atoms with Crippen molar-refractivity contribution in [2.24, 2.45) is 0 Å². The molecule has 0 radical (unpaired) electrons. The third kappa shape index (κ3) is 3.07. The summed E-state index contributed by atoms with van der Waals surface area (Å²) in [6, 6.07) is 7.14. The van der Waals surface area contributed by atoms with E-state index in [1.165, 1.54) is 0 Å². The van der Waals surface area contributed by atoms with Crippen LogP contribution in [0.15, 0.2) is 24.3 Å². The topological polar surface area (TPSA) is 37.3 Å². The number of benzene rings is 1. The molecule has 3 heteroatoms. The summed E-state index contributed by atoms with van der Waals surface area (Å²) < 4.78 is 0. The van der Waals surface area contributed by atoms with E-state index in [1.54, 1.807) is 12.1 Å². The lowest BCUT2D eigenvalue weighted by Crippen LogP contribution is -2.01. The molecule has 0 saturated carbocycles. The lowest BCUT2D eigenvalue weighted by Gasteiger charge is -2.02. The molecule has 0 bridgehead atoms. The molecule has 2 nitrogen and oxygen atoms in total. The lowest BCUT2D eigenvalue weighted by atomic mass is 10.0. The molecule has 72 valence electrons. The van der Waals surface area contributed by atoms with Gasteiger partial charge in [0, 0.05) is 0 Å². The molecule has 0 fully saturated rings. The van der Waals surface area contributed by atoms with Crippen molar-refractivity contribution < 1.29 is 9.90 Å². The van der Waals surface area contributed by atoms with Crippen LogP contribution in [0.3, 0.4) is 0 Å². The Bertz CT molecular complexity index is 284. The fourth-order valence-electron chi connectivity index (χ4n) is 1.22. The van der Waals surface area contributed by atoms with Crippen molar-refractivity contribution in [3.8, 4) is 0 Å². The zero-order valence-electron chi connectivity index (χ0n) is 7.49. The first-order valence-corrected chi connectivity index (χ1v) is 4.07. The summed E-state index contributed by atoms with van der Waals surface area (Å²) in [4.78, 5) is 10.7. The summed E-state index contributed by atoms with van der Waals surface area (Å²) in [7, 11) is 0. The Hall–Kier alpha value is -1.02. The highest BCUT2D eigenvalue weighted by Crippen LogP contribution is 2.10. The van der Waals surface area contributed by atoms with E-state index in [1.807, 2.05) is 19.1 Å². The van der Waals surface area contributed by atoms with Gasteiger partial charge < -0.3 is 5.11 Å². The number of carboxylic acids is 1. The van der Waals surface area contributed by atoms with Crippen LogP contribution >= 0.6 is 12.4 Å². The largest absolute Gasteiger partial charge is 0.478 e. The molecule has 0 aliphatic carbocycles. The van der Waals surface area contributed by atoms with Crippen LogP contribution < -0.4 is 0 Å². The van der Waals surface area contributed by atoms with Gasteiger partial charge in [0.15, 0.2) is 0 Å². The highest BCUT2D eigenvalue weighted by atomic mass is 35.5. The van der Waals surface area contributed by atoms with Gasteiger partial charge in [-0.05, 0) is 18.1 Å². The Morgan fingerprint density at radius 2 is 2.00 bits per heavy atom. The maximum absolute atomic E-state index is 10.7. The van der Waals surface area contributed by atoms with Gasteiger partial charge in [-0.3, -0.25) is 0 Å². The second-order valence-electron chi connectivity index (χ2n) is 2.71. The molecule has 0 spiro atoms. The number of aryl methyl sites for hydroxylation is 1. The maximum Gasteiger partial charge on any atom is 0.335 e. The van der Waals surface area contributed by atoms with Crippen LogP contribution in [-0.2, 0) is 6.42 Å². The zero-order chi connectivity index (χ0) is 8.97. The Morgan fingerprint density at radius 3 is 2.54 bits per heavy atom. The van der Waals surface area contributed by atoms with Gasteiger partial charge in [0.25, 0.3) is 0 Å². The Morgan fingerprint density at radius 1 is 1.38 bits per heavy atom. The molecular weight excluding hydrogens is 188 g/mol. The zero-order valence-corrected chi connectivity index (χ0v) is 8.30. The quantitative estimate of drug-likeness (QED) is 0.815. The molecule has 13 heavy (non-hydrogen) atoms. The van der Waals surface area contributed by atoms with Crippen LogP contribution in [0.2, 0.25) is 0 Å². The molecule has 0 saturated heterocycles. The van der Waals surface area contributed by atoms with Crippen LogP contribution in [0.5, 0.6) is 0 Å². The van der Waals surface area contributed by atoms with Crippen molar-refractivity contribution in [2.75, 3.05) is 0 Å². The van der Waals surface area contributed by atoms with Gasteiger partial charge in [0.05, 0.1) is 5.56 Å². The summed E-state index contributed by atoms with van der Waals surface area (Å²) >= 11 is 0. The average Bonchev–Trinajstić information content (AvgIpc) is 2.05.